The van der Waals surface area contributed by atoms with E-state index in [0.29, 0.717) is 6.54 Å². The van der Waals surface area contributed by atoms with Gasteiger partial charge in [-0.1, -0.05) is 42.5 Å². The van der Waals surface area contributed by atoms with E-state index in [1.54, 1.807) is 18.2 Å². The van der Waals surface area contributed by atoms with E-state index in [1.807, 2.05) is 43.3 Å². The number of hydroxylamine groups is 2. The standard InChI is InChI=1S/C19H20N2O4S/c1-15-6-5-9-17(10-15)26(23,24)20-13-19(14-20)11-18(22)21(25-19)12-16-7-3-2-4-8-16/h2-10H,11-14H2,1H3. The number of carbonyl (C=O) groups is 1. The van der Waals surface area contributed by atoms with E-state index in [9.17, 15) is 13.2 Å². The van der Waals surface area contributed by atoms with Crippen LogP contribution in [0.15, 0.2) is 59.5 Å². The number of hydrogen-bond donors (Lipinski definition) is 0. The molecule has 0 aliphatic carbocycles. The van der Waals surface area contributed by atoms with E-state index in [2.05, 4.69) is 0 Å². The Kier molecular flexibility index (Phi) is 4.10. The van der Waals surface area contributed by atoms with Crippen LogP contribution in [0.4, 0.5) is 0 Å². The minimum absolute atomic E-state index is 0.110. The molecule has 6 nitrogen and oxygen atoms in total. The van der Waals surface area contributed by atoms with Crippen molar-refractivity contribution in [1.29, 1.82) is 0 Å². The topological polar surface area (TPSA) is 66.9 Å². The first kappa shape index (κ1) is 17.2. The molecule has 0 saturated carbocycles. The molecule has 0 N–H and O–H groups in total. The first-order valence-corrected chi connectivity index (χ1v) is 9.92. The monoisotopic (exact) mass is 372 g/mol. The summed E-state index contributed by atoms with van der Waals surface area (Å²) in [5.74, 6) is -0.110. The first-order valence-electron chi connectivity index (χ1n) is 8.48. The highest BCUT2D eigenvalue weighted by Crippen LogP contribution is 2.39. The van der Waals surface area contributed by atoms with Gasteiger partial charge in [-0.05, 0) is 30.2 Å². The van der Waals surface area contributed by atoms with Crippen LogP contribution in [0.3, 0.4) is 0 Å². The lowest BCUT2D eigenvalue weighted by molar-refractivity contribution is -0.228. The fraction of sp³-hybridized carbons (Fsp3) is 0.316. The van der Waals surface area contributed by atoms with Crippen molar-refractivity contribution in [2.45, 2.75) is 30.4 Å². The summed E-state index contributed by atoms with van der Waals surface area (Å²) in [6, 6.07) is 16.4. The van der Waals surface area contributed by atoms with E-state index >= 15 is 0 Å². The molecule has 1 spiro atoms. The van der Waals surface area contributed by atoms with Crippen LogP contribution in [0.1, 0.15) is 17.5 Å². The molecule has 26 heavy (non-hydrogen) atoms. The molecule has 7 heteroatoms. The summed E-state index contributed by atoms with van der Waals surface area (Å²) >= 11 is 0. The van der Waals surface area contributed by atoms with Crippen molar-refractivity contribution in [2.24, 2.45) is 0 Å². The molecule has 0 radical (unpaired) electrons. The lowest BCUT2D eigenvalue weighted by Crippen LogP contribution is -2.63. The summed E-state index contributed by atoms with van der Waals surface area (Å²) in [7, 11) is -3.56. The smallest absolute Gasteiger partial charge is 0.249 e. The SMILES string of the molecule is Cc1cccc(S(=O)(=O)N2CC3(CC(=O)N(Cc4ccccc4)O3)C2)c1. The van der Waals surface area contributed by atoms with Crippen molar-refractivity contribution < 1.29 is 18.0 Å². The Bertz CT molecular complexity index is 937. The number of aryl methyl sites for hydroxylation is 1. The maximum Gasteiger partial charge on any atom is 0.249 e. The van der Waals surface area contributed by atoms with E-state index in [0.717, 1.165) is 11.1 Å². The van der Waals surface area contributed by atoms with Gasteiger partial charge in [-0.15, -0.1) is 0 Å². The Morgan fingerprint density at radius 2 is 1.81 bits per heavy atom. The molecule has 0 aromatic heterocycles. The quantitative estimate of drug-likeness (QED) is 0.824. The van der Waals surface area contributed by atoms with Crippen LogP contribution in [-0.2, 0) is 26.2 Å². The zero-order valence-electron chi connectivity index (χ0n) is 14.5. The first-order chi connectivity index (χ1) is 12.4. The van der Waals surface area contributed by atoms with Crippen molar-refractivity contribution in [1.82, 2.24) is 9.37 Å². The summed E-state index contributed by atoms with van der Waals surface area (Å²) in [5, 5.41) is 1.35. The number of amides is 1. The second-order valence-electron chi connectivity index (χ2n) is 6.96. The second kappa shape index (κ2) is 6.19. The van der Waals surface area contributed by atoms with Crippen molar-refractivity contribution in [2.75, 3.05) is 13.1 Å². The van der Waals surface area contributed by atoms with Gasteiger partial charge < -0.3 is 0 Å². The van der Waals surface area contributed by atoms with Gasteiger partial charge in [0.25, 0.3) is 0 Å². The van der Waals surface area contributed by atoms with Crippen LogP contribution < -0.4 is 0 Å². The molecule has 2 saturated heterocycles. The van der Waals surface area contributed by atoms with E-state index in [-0.39, 0.29) is 30.3 Å². The summed E-state index contributed by atoms with van der Waals surface area (Å²) in [5.41, 5.74) is 1.13. The number of nitrogens with zero attached hydrogens (tertiary/aromatic N) is 2. The van der Waals surface area contributed by atoms with E-state index in [4.69, 9.17) is 4.84 Å². The number of rotatable bonds is 4. The number of hydrogen-bond acceptors (Lipinski definition) is 4. The predicted molar refractivity (Wildman–Crippen MR) is 95.4 cm³/mol. The van der Waals surface area contributed by atoms with Crippen molar-refractivity contribution in [3.8, 4) is 0 Å². The van der Waals surface area contributed by atoms with Gasteiger partial charge in [-0.2, -0.15) is 4.31 Å². The minimum Gasteiger partial charge on any atom is -0.272 e. The molecule has 1 amide bonds. The molecular formula is C19H20N2O4S. The average molecular weight is 372 g/mol. The molecule has 0 atom stereocenters. The summed E-state index contributed by atoms with van der Waals surface area (Å²) in [6.45, 7) is 2.61. The molecule has 0 unspecified atom stereocenters. The van der Waals surface area contributed by atoms with Gasteiger partial charge in [0.1, 0.15) is 5.60 Å². The second-order valence-corrected chi connectivity index (χ2v) is 8.89. The Labute approximate surface area is 153 Å². The van der Waals surface area contributed by atoms with Crippen LogP contribution in [0.5, 0.6) is 0 Å². The van der Waals surface area contributed by atoms with Gasteiger partial charge in [-0.25, -0.2) is 13.5 Å². The van der Waals surface area contributed by atoms with Gasteiger partial charge >= 0.3 is 0 Å². The normalized spacial score (nSPS) is 19.7. The molecule has 2 aromatic carbocycles. The van der Waals surface area contributed by atoms with Crippen LogP contribution in [0.2, 0.25) is 0 Å². The van der Waals surface area contributed by atoms with Crippen LogP contribution in [0, 0.1) is 6.92 Å². The van der Waals surface area contributed by atoms with E-state index < -0.39 is 15.6 Å². The molecule has 136 valence electrons. The molecule has 2 aliphatic rings. The van der Waals surface area contributed by atoms with Crippen molar-refractivity contribution >= 4 is 15.9 Å². The number of benzene rings is 2. The Hall–Kier alpha value is -2.22. The molecule has 2 aromatic rings. The zero-order chi connectivity index (χ0) is 18.4. The summed E-state index contributed by atoms with van der Waals surface area (Å²) in [6.07, 6.45) is 0.208. The molecule has 2 fully saturated rings. The van der Waals surface area contributed by atoms with Crippen molar-refractivity contribution in [3.63, 3.8) is 0 Å². The predicted octanol–water partition coefficient (Wildman–Crippen LogP) is 2.10. The molecular weight excluding hydrogens is 352 g/mol. The largest absolute Gasteiger partial charge is 0.272 e. The lowest BCUT2D eigenvalue weighted by atomic mass is 9.94. The Morgan fingerprint density at radius 3 is 2.50 bits per heavy atom. The van der Waals surface area contributed by atoms with Crippen molar-refractivity contribution in [3.05, 3.63) is 65.7 Å². The lowest BCUT2D eigenvalue weighted by Gasteiger charge is -2.44. The molecule has 2 aliphatic heterocycles. The van der Waals surface area contributed by atoms with Crippen LogP contribution in [-0.4, -0.2) is 42.4 Å². The number of sulfonamides is 1. The van der Waals surface area contributed by atoms with Gasteiger partial charge in [-0.3, -0.25) is 9.63 Å². The van der Waals surface area contributed by atoms with Gasteiger partial charge in [0.2, 0.25) is 15.9 Å². The summed E-state index contributed by atoms with van der Waals surface area (Å²) in [4.78, 5) is 18.4. The van der Waals surface area contributed by atoms with Crippen LogP contribution in [0.25, 0.3) is 0 Å². The van der Waals surface area contributed by atoms with Gasteiger partial charge in [0, 0.05) is 13.1 Å². The van der Waals surface area contributed by atoms with Gasteiger partial charge in [0.15, 0.2) is 0 Å². The Morgan fingerprint density at radius 1 is 1.08 bits per heavy atom. The Balaban J connectivity index is 1.45. The van der Waals surface area contributed by atoms with E-state index in [1.165, 1.54) is 9.37 Å². The summed E-state index contributed by atoms with van der Waals surface area (Å²) < 4.78 is 26.8. The van der Waals surface area contributed by atoms with Crippen LogP contribution >= 0.6 is 0 Å². The third-order valence-electron chi connectivity index (χ3n) is 4.78. The third kappa shape index (κ3) is 3.02. The fourth-order valence-electron chi connectivity index (χ4n) is 3.41. The highest BCUT2D eigenvalue weighted by molar-refractivity contribution is 7.89. The highest BCUT2D eigenvalue weighted by Gasteiger charge is 2.56. The maximum atomic E-state index is 12.7. The molecule has 0 bridgehead atoms. The zero-order valence-corrected chi connectivity index (χ0v) is 15.3. The maximum absolute atomic E-state index is 12.7. The molecule has 4 rings (SSSR count). The number of carbonyl (C=O) groups excluding carboxylic acids is 1. The fourth-order valence-corrected chi connectivity index (χ4v) is 5.11. The highest BCUT2D eigenvalue weighted by atomic mass is 32.2. The average Bonchev–Trinajstić information content (AvgIpc) is 2.91. The molecule has 2 heterocycles. The minimum atomic E-state index is -3.56. The van der Waals surface area contributed by atoms with Gasteiger partial charge in [0.05, 0.1) is 17.9 Å². The third-order valence-corrected chi connectivity index (χ3v) is 6.57.